The third-order valence-corrected chi connectivity index (χ3v) is 5.32. The Morgan fingerprint density at radius 1 is 1.00 bits per heavy atom. The molecule has 168 valence electrons. The maximum atomic E-state index is 13.2. The lowest BCUT2D eigenvalue weighted by molar-refractivity contribution is -0.143. The molecule has 2 amide bonds. The van der Waals surface area contributed by atoms with E-state index < -0.39 is 6.04 Å². The van der Waals surface area contributed by atoms with Crippen molar-refractivity contribution >= 4 is 11.8 Å². The van der Waals surface area contributed by atoms with Crippen LogP contribution >= 0.6 is 0 Å². The van der Waals surface area contributed by atoms with E-state index in [0.717, 1.165) is 18.4 Å². The Morgan fingerprint density at radius 3 is 2.26 bits per heavy atom. The molecular weight excluding hydrogens is 388 g/mol. The molecular formula is C26H36N2O3. The highest BCUT2D eigenvalue weighted by Crippen LogP contribution is 2.19. The van der Waals surface area contributed by atoms with Crippen molar-refractivity contribution in [2.75, 3.05) is 13.2 Å². The fraction of sp³-hybridized carbons (Fsp3) is 0.462. The van der Waals surface area contributed by atoms with E-state index in [1.54, 1.807) is 4.90 Å². The standard InChI is InChI=1S/C26H36N2O3/c1-5-7-17-27-26(30)24(6-2)28(18-21-11-9-8-10-12-21)25(29)19-31-23-15-13-22(14-16-23)20(3)4/h8-16,20,24H,5-7,17-19H2,1-4H3,(H,27,30). The van der Waals surface area contributed by atoms with Gasteiger partial charge in [-0.3, -0.25) is 9.59 Å². The van der Waals surface area contributed by atoms with Gasteiger partial charge in [0, 0.05) is 13.1 Å². The minimum Gasteiger partial charge on any atom is -0.484 e. The summed E-state index contributed by atoms with van der Waals surface area (Å²) in [5, 5.41) is 2.97. The van der Waals surface area contributed by atoms with Crippen molar-refractivity contribution in [2.24, 2.45) is 0 Å². The van der Waals surface area contributed by atoms with Gasteiger partial charge >= 0.3 is 0 Å². The number of benzene rings is 2. The van der Waals surface area contributed by atoms with E-state index >= 15 is 0 Å². The molecule has 2 aromatic rings. The summed E-state index contributed by atoms with van der Waals surface area (Å²) in [4.78, 5) is 27.6. The number of hydrogen-bond donors (Lipinski definition) is 1. The Balaban J connectivity index is 2.11. The summed E-state index contributed by atoms with van der Waals surface area (Å²) < 4.78 is 5.77. The summed E-state index contributed by atoms with van der Waals surface area (Å²) in [7, 11) is 0. The second-order valence-corrected chi connectivity index (χ2v) is 8.09. The van der Waals surface area contributed by atoms with Gasteiger partial charge in [-0.05, 0) is 42.0 Å². The monoisotopic (exact) mass is 424 g/mol. The van der Waals surface area contributed by atoms with Crippen molar-refractivity contribution in [2.45, 2.75) is 65.5 Å². The summed E-state index contributed by atoms with van der Waals surface area (Å²) in [6.07, 6.45) is 2.47. The third-order valence-electron chi connectivity index (χ3n) is 5.32. The Kier molecular flexibility index (Phi) is 10.1. The highest BCUT2D eigenvalue weighted by molar-refractivity contribution is 5.88. The number of rotatable bonds is 12. The maximum absolute atomic E-state index is 13.2. The van der Waals surface area contributed by atoms with Crippen molar-refractivity contribution in [3.05, 3.63) is 65.7 Å². The molecule has 5 heteroatoms. The lowest BCUT2D eigenvalue weighted by Crippen LogP contribution is -2.50. The highest BCUT2D eigenvalue weighted by atomic mass is 16.5. The van der Waals surface area contributed by atoms with Crippen molar-refractivity contribution in [1.82, 2.24) is 10.2 Å². The van der Waals surface area contributed by atoms with Crippen LogP contribution in [0.25, 0.3) is 0 Å². The molecule has 31 heavy (non-hydrogen) atoms. The van der Waals surface area contributed by atoms with Crippen LogP contribution in [0.1, 0.15) is 64.0 Å². The van der Waals surface area contributed by atoms with Gasteiger partial charge in [0.05, 0.1) is 0 Å². The Labute approximate surface area is 186 Å². The number of nitrogens with zero attached hydrogens (tertiary/aromatic N) is 1. The summed E-state index contributed by atoms with van der Waals surface area (Å²) in [6.45, 7) is 9.18. The molecule has 5 nitrogen and oxygen atoms in total. The average molecular weight is 425 g/mol. The fourth-order valence-corrected chi connectivity index (χ4v) is 3.38. The first kappa shape index (κ1) is 24.4. The molecule has 0 saturated carbocycles. The van der Waals surface area contributed by atoms with Gasteiger partial charge in [-0.2, -0.15) is 0 Å². The number of carbonyl (C=O) groups excluding carboxylic acids is 2. The molecule has 0 spiro atoms. The fourth-order valence-electron chi connectivity index (χ4n) is 3.38. The summed E-state index contributed by atoms with van der Waals surface area (Å²) in [5.74, 6) is 0.780. The molecule has 2 aromatic carbocycles. The molecule has 0 heterocycles. The predicted octanol–water partition coefficient (Wildman–Crippen LogP) is 4.91. The van der Waals surface area contributed by atoms with E-state index in [4.69, 9.17) is 4.74 Å². The van der Waals surface area contributed by atoms with Crippen LogP contribution in [0.3, 0.4) is 0 Å². The van der Waals surface area contributed by atoms with Crippen molar-refractivity contribution < 1.29 is 14.3 Å². The van der Waals surface area contributed by atoms with Gasteiger partial charge in [0.1, 0.15) is 11.8 Å². The predicted molar refractivity (Wildman–Crippen MR) is 125 cm³/mol. The number of carbonyl (C=O) groups is 2. The summed E-state index contributed by atoms with van der Waals surface area (Å²) in [5.41, 5.74) is 2.20. The minimum absolute atomic E-state index is 0.105. The molecule has 0 fully saturated rings. The van der Waals surface area contributed by atoms with Crippen molar-refractivity contribution in [3.63, 3.8) is 0 Å². The molecule has 1 N–H and O–H groups in total. The molecule has 1 unspecified atom stereocenters. The van der Waals surface area contributed by atoms with Crippen LogP contribution in [0.5, 0.6) is 5.75 Å². The van der Waals surface area contributed by atoms with Gasteiger partial charge in [-0.1, -0.05) is 76.6 Å². The lowest BCUT2D eigenvalue weighted by Gasteiger charge is -2.30. The Bertz CT molecular complexity index is 803. The zero-order valence-corrected chi connectivity index (χ0v) is 19.3. The minimum atomic E-state index is -0.531. The summed E-state index contributed by atoms with van der Waals surface area (Å²) in [6, 6.07) is 17.0. The van der Waals surface area contributed by atoms with E-state index in [1.807, 2.05) is 61.5 Å². The van der Waals surface area contributed by atoms with E-state index in [0.29, 0.717) is 31.2 Å². The van der Waals surface area contributed by atoms with Gasteiger partial charge in [-0.15, -0.1) is 0 Å². The van der Waals surface area contributed by atoms with Crippen LogP contribution in [0.4, 0.5) is 0 Å². The molecule has 0 aromatic heterocycles. The first-order valence-electron chi connectivity index (χ1n) is 11.3. The quantitative estimate of drug-likeness (QED) is 0.493. The van der Waals surface area contributed by atoms with Gasteiger partial charge in [0.15, 0.2) is 6.61 Å². The van der Waals surface area contributed by atoms with Gasteiger partial charge in [0.25, 0.3) is 5.91 Å². The van der Waals surface area contributed by atoms with Crippen molar-refractivity contribution in [1.29, 1.82) is 0 Å². The van der Waals surface area contributed by atoms with Crippen LogP contribution in [-0.4, -0.2) is 35.9 Å². The van der Waals surface area contributed by atoms with E-state index in [1.165, 1.54) is 5.56 Å². The zero-order valence-electron chi connectivity index (χ0n) is 19.3. The molecule has 0 aliphatic rings. The van der Waals surface area contributed by atoms with Crippen LogP contribution in [0.2, 0.25) is 0 Å². The first-order chi connectivity index (χ1) is 15.0. The normalized spacial score (nSPS) is 11.8. The molecule has 0 aliphatic heterocycles. The maximum Gasteiger partial charge on any atom is 0.261 e. The second kappa shape index (κ2) is 12.8. The zero-order chi connectivity index (χ0) is 22.6. The molecule has 1 atom stereocenters. The number of hydrogen-bond acceptors (Lipinski definition) is 3. The number of amides is 2. The van der Waals surface area contributed by atoms with Gasteiger partial charge < -0.3 is 15.0 Å². The van der Waals surface area contributed by atoms with E-state index in [2.05, 4.69) is 26.1 Å². The number of ether oxygens (including phenoxy) is 1. The number of unbranched alkanes of at least 4 members (excludes halogenated alkanes) is 1. The largest absolute Gasteiger partial charge is 0.484 e. The lowest BCUT2D eigenvalue weighted by atomic mass is 10.0. The number of nitrogens with one attached hydrogen (secondary N) is 1. The third kappa shape index (κ3) is 7.74. The molecule has 0 radical (unpaired) electrons. The Hall–Kier alpha value is -2.82. The average Bonchev–Trinajstić information content (AvgIpc) is 2.78. The molecule has 0 bridgehead atoms. The highest BCUT2D eigenvalue weighted by Gasteiger charge is 2.28. The van der Waals surface area contributed by atoms with Gasteiger partial charge in [0.2, 0.25) is 5.91 Å². The molecule has 2 rings (SSSR count). The van der Waals surface area contributed by atoms with Crippen LogP contribution in [-0.2, 0) is 16.1 Å². The topological polar surface area (TPSA) is 58.6 Å². The van der Waals surface area contributed by atoms with Crippen LogP contribution in [0.15, 0.2) is 54.6 Å². The molecule has 0 saturated heterocycles. The smallest absolute Gasteiger partial charge is 0.261 e. The first-order valence-corrected chi connectivity index (χ1v) is 11.3. The van der Waals surface area contributed by atoms with Crippen LogP contribution in [0, 0.1) is 0 Å². The van der Waals surface area contributed by atoms with Gasteiger partial charge in [-0.25, -0.2) is 0 Å². The van der Waals surface area contributed by atoms with E-state index in [9.17, 15) is 9.59 Å². The SMILES string of the molecule is CCCCNC(=O)C(CC)N(Cc1ccccc1)C(=O)COc1ccc(C(C)C)cc1. The second-order valence-electron chi connectivity index (χ2n) is 8.09. The van der Waals surface area contributed by atoms with E-state index in [-0.39, 0.29) is 18.4 Å². The summed E-state index contributed by atoms with van der Waals surface area (Å²) >= 11 is 0. The van der Waals surface area contributed by atoms with Crippen molar-refractivity contribution in [3.8, 4) is 5.75 Å². The van der Waals surface area contributed by atoms with Crippen LogP contribution < -0.4 is 10.1 Å². The Morgan fingerprint density at radius 2 is 1.68 bits per heavy atom. The molecule has 0 aliphatic carbocycles.